The van der Waals surface area contributed by atoms with Gasteiger partial charge in [0.15, 0.2) is 18.1 Å². The Labute approximate surface area is 246 Å². The maximum atomic E-state index is 8.78. The second-order valence-corrected chi connectivity index (χ2v) is 10.1. The van der Waals surface area contributed by atoms with Crippen molar-refractivity contribution in [2.45, 2.75) is 26.2 Å². The average Bonchev–Trinajstić information content (AvgIpc) is 3.02. The van der Waals surface area contributed by atoms with Crippen LogP contribution in [0.4, 0.5) is 23.5 Å². The van der Waals surface area contributed by atoms with Crippen LogP contribution in [0, 0.1) is 24.2 Å². The molecule has 4 aromatic rings. The number of hydrazone groups is 1. The number of benzene rings is 3. The van der Waals surface area contributed by atoms with Crippen LogP contribution >= 0.6 is 0 Å². The summed E-state index contributed by atoms with van der Waals surface area (Å²) in [6.45, 7) is 3.73. The van der Waals surface area contributed by atoms with Gasteiger partial charge in [0.05, 0.1) is 13.3 Å². The summed E-state index contributed by atoms with van der Waals surface area (Å²) in [6, 6.07) is 26.0. The van der Waals surface area contributed by atoms with E-state index in [1.165, 1.54) is 11.1 Å². The van der Waals surface area contributed by atoms with E-state index in [-0.39, 0.29) is 6.61 Å². The number of anilines is 4. The summed E-state index contributed by atoms with van der Waals surface area (Å²) in [4.78, 5) is 16.2. The first-order valence-electron chi connectivity index (χ1n) is 13.9. The van der Waals surface area contributed by atoms with Crippen molar-refractivity contribution in [1.29, 1.82) is 5.26 Å². The van der Waals surface area contributed by atoms with Crippen LogP contribution in [0.5, 0.6) is 11.5 Å². The predicted octanol–water partition coefficient (Wildman–Crippen LogP) is 5.74. The van der Waals surface area contributed by atoms with Gasteiger partial charge in [0.25, 0.3) is 0 Å². The molecule has 0 amide bonds. The fourth-order valence-electron chi connectivity index (χ4n) is 4.82. The first kappa shape index (κ1) is 28.4. The van der Waals surface area contributed by atoms with E-state index >= 15 is 0 Å². The summed E-state index contributed by atoms with van der Waals surface area (Å²) >= 11 is 0. The van der Waals surface area contributed by atoms with Crippen molar-refractivity contribution in [3.05, 3.63) is 89.5 Å². The Balaban J connectivity index is 1.31. The van der Waals surface area contributed by atoms with Gasteiger partial charge in [-0.25, -0.2) is 5.43 Å². The summed E-state index contributed by atoms with van der Waals surface area (Å²) in [6.07, 6.45) is 4.86. The highest BCUT2D eigenvalue weighted by Crippen LogP contribution is 2.28. The molecule has 1 fully saturated rings. The molecule has 1 aromatic heterocycles. The molecule has 2 N–H and O–H groups in total. The smallest absolute Gasteiger partial charge is 0.250 e. The van der Waals surface area contributed by atoms with E-state index in [1.807, 2.05) is 36.4 Å². The molecule has 0 aliphatic carbocycles. The molecule has 0 saturated carbocycles. The quantitative estimate of drug-likeness (QED) is 0.174. The highest BCUT2D eigenvalue weighted by Gasteiger charge is 2.22. The summed E-state index contributed by atoms with van der Waals surface area (Å²) in [5, 5.41) is 16.4. The normalized spacial score (nSPS) is 13.5. The van der Waals surface area contributed by atoms with E-state index in [2.05, 4.69) is 63.0 Å². The number of methoxy groups -OCH3 is 1. The lowest BCUT2D eigenvalue weighted by atomic mass is 9.90. The Morgan fingerprint density at radius 1 is 0.976 bits per heavy atom. The van der Waals surface area contributed by atoms with E-state index in [4.69, 9.17) is 24.7 Å². The lowest BCUT2D eigenvalue weighted by Crippen LogP contribution is -2.35. The molecule has 0 radical (unpaired) electrons. The van der Waals surface area contributed by atoms with Gasteiger partial charge in [0.1, 0.15) is 6.07 Å². The van der Waals surface area contributed by atoms with Gasteiger partial charge in [0.2, 0.25) is 17.8 Å². The van der Waals surface area contributed by atoms with Gasteiger partial charge in [-0.1, -0.05) is 48.0 Å². The minimum absolute atomic E-state index is 0.0588. The summed E-state index contributed by atoms with van der Waals surface area (Å²) < 4.78 is 10.8. The van der Waals surface area contributed by atoms with Crippen molar-refractivity contribution in [1.82, 2.24) is 15.0 Å². The standard InChI is InChI=1S/C32H34N8O2/c1-23-8-11-27(12-9-23)35-30-36-31(39-34-22-26-10-13-28(42-19-16-33)29(21-26)41-2)38-32(37-30)40-17-14-25(15-18-40)20-24-6-4-3-5-7-24/h3-13,21-22,25H,14-15,17-20H2,1-2H3,(H2,35,36,37,38,39)/b34-22-. The number of aryl methyl sites for hydroxylation is 1. The van der Waals surface area contributed by atoms with Gasteiger partial charge >= 0.3 is 0 Å². The molecule has 2 heterocycles. The number of hydrogen-bond donors (Lipinski definition) is 2. The Bertz CT molecular complexity index is 1530. The second-order valence-electron chi connectivity index (χ2n) is 10.1. The van der Waals surface area contributed by atoms with Crippen LogP contribution in [0.15, 0.2) is 77.9 Å². The van der Waals surface area contributed by atoms with Crippen molar-refractivity contribution in [2.24, 2.45) is 11.0 Å². The molecule has 10 heteroatoms. The van der Waals surface area contributed by atoms with Crippen LogP contribution in [0.3, 0.4) is 0 Å². The Morgan fingerprint density at radius 3 is 2.48 bits per heavy atom. The van der Waals surface area contributed by atoms with Gasteiger partial charge in [-0.2, -0.15) is 25.3 Å². The van der Waals surface area contributed by atoms with Gasteiger partial charge in [-0.05, 0) is 73.6 Å². The third-order valence-electron chi connectivity index (χ3n) is 7.05. The lowest BCUT2D eigenvalue weighted by molar-refractivity contribution is 0.329. The SMILES string of the molecule is COc1cc(/C=N\Nc2nc(Nc3ccc(C)cc3)nc(N3CCC(Cc4ccccc4)CC3)n2)ccc1OCC#N. The van der Waals surface area contributed by atoms with Crippen molar-refractivity contribution >= 4 is 29.7 Å². The number of aromatic nitrogens is 3. The zero-order valence-corrected chi connectivity index (χ0v) is 23.8. The number of ether oxygens (including phenoxy) is 2. The molecule has 0 unspecified atom stereocenters. The van der Waals surface area contributed by atoms with Crippen molar-refractivity contribution in [3.8, 4) is 17.6 Å². The van der Waals surface area contributed by atoms with Crippen LogP contribution in [-0.2, 0) is 6.42 Å². The number of piperidine rings is 1. The minimum Gasteiger partial charge on any atom is -0.493 e. The van der Waals surface area contributed by atoms with Crippen molar-refractivity contribution < 1.29 is 9.47 Å². The molecular weight excluding hydrogens is 528 g/mol. The number of hydrogen-bond acceptors (Lipinski definition) is 10. The Kier molecular flexibility index (Phi) is 9.42. The molecule has 5 rings (SSSR count). The van der Waals surface area contributed by atoms with E-state index < -0.39 is 0 Å². The van der Waals surface area contributed by atoms with Gasteiger partial charge in [-0.3, -0.25) is 0 Å². The highest BCUT2D eigenvalue weighted by atomic mass is 16.5. The number of rotatable bonds is 11. The zero-order valence-electron chi connectivity index (χ0n) is 23.8. The molecule has 42 heavy (non-hydrogen) atoms. The van der Waals surface area contributed by atoms with Crippen molar-refractivity contribution in [2.75, 3.05) is 42.4 Å². The molecule has 1 aliphatic heterocycles. The van der Waals surface area contributed by atoms with Gasteiger partial charge < -0.3 is 19.7 Å². The highest BCUT2D eigenvalue weighted by molar-refractivity contribution is 5.81. The van der Waals surface area contributed by atoms with Crippen LogP contribution < -0.4 is 25.1 Å². The first-order valence-corrected chi connectivity index (χ1v) is 13.9. The molecule has 0 bridgehead atoms. The summed E-state index contributed by atoms with van der Waals surface area (Å²) in [7, 11) is 1.55. The number of nitrogens with zero attached hydrogens (tertiary/aromatic N) is 6. The van der Waals surface area contributed by atoms with Crippen molar-refractivity contribution in [3.63, 3.8) is 0 Å². The van der Waals surface area contributed by atoms with E-state index in [0.29, 0.717) is 35.3 Å². The largest absolute Gasteiger partial charge is 0.493 e. The van der Waals surface area contributed by atoms with E-state index in [0.717, 1.165) is 43.6 Å². The number of nitrogens with one attached hydrogen (secondary N) is 2. The third-order valence-corrected chi connectivity index (χ3v) is 7.05. The monoisotopic (exact) mass is 562 g/mol. The van der Waals surface area contributed by atoms with Gasteiger partial charge in [0, 0.05) is 18.8 Å². The fraction of sp³-hybridized carbons (Fsp3) is 0.281. The van der Waals surface area contributed by atoms with Crippen LogP contribution in [0.25, 0.3) is 0 Å². The molecule has 3 aromatic carbocycles. The number of nitriles is 1. The average molecular weight is 563 g/mol. The Morgan fingerprint density at radius 2 is 1.74 bits per heavy atom. The van der Waals surface area contributed by atoms with E-state index in [9.17, 15) is 0 Å². The summed E-state index contributed by atoms with van der Waals surface area (Å²) in [5.74, 6) is 3.01. The molecule has 1 aliphatic rings. The molecule has 10 nitrogen and oxygen atoms in total. The predicted molar refractivity (Wildman–Crippen MR) is 165 cm³/mol. The summed E-state index contributed by atoms with van der Waals surface area (Å²) in [5.41, 5.74) is 7.18. The molecular formula is C32H34N8O2. The van der Waals surface area contributed by atoms with Crippen LogP contribution in [0.1, 0.15) is 29.5 Å². The van der Waals surface area contributed by atoms with Crippen LogP contribution in [-0.4, -0.2) is 48.0 Å². The molecule has 0 atom stereocenters. The fourth-order valence-corrected chi connectivity index (χ4v) is 4.82. The maximum absolute atomic E-state index is 8.78. The minimum atomic E-state index is -0.0588. The van der Waals surface area contributed by atoms with E-state index in [1.54, 1.807) is 25.5 Å². The molecule has 1 saturated heterocycles. The molecule has 214 valence electrons. The molecule has 0 spiro atoms. The topological polar surface area (TPSA) is 121 Å². The van der Waals surface area contributed by atoms with Gasteiger partial charge in [-0.15, -0.1) is 0 Å². The second kappa shape index (κ2) is 13.9. The lowest BCUT2D eigenvalue weighted by Gasteiger charge is -2.32. The first-order chi connectivity index (χ1) is 20.6. The zero-order chi connectivity index (χ0) is 29.1. The Hall–Kier alpha value is -5.17. The maximum Gasteiger partial charge on any atom is 0.250 e. The third kappa shape index (κ3) is 7.73. The van der Waals surface area contributed by atoms with Crippen LogP contribution in [0.2, 0.25) is 0 Å².